The maximum atomic E-state index is 4.76. The van der Waals surface area contributed by atoms with Crippen molar-refractivity contribution >= 4 is 37.7 Å². The Bertz CT molecular complexity index is 958. The van der Waals surface area contributed by atoms with E-state index in [1.165, 1.54) is 10.8 Å². The molecule has 0 radical (unpaired) electrons. The molecule has 0 saturated carbocycles. The Kier molecular flexibility index (Phi) is 2.93. The standard InChI is InChI=1S/C18H11BrN2/c19-13-8-9-16-17(10-13)21-18(11-20-16)15-7-3-5-12-4-1-2-6-14(12)15/h1-11H. The van der Waals surface area contributed by atoms with Gasteiger partial charge in [0.1, 0.15) is 0 Å². The summed E-state index contributed by atoms with van der Waals surface area (Å²) in [5, 5.41) is 2.41. The maximum Gasteiger partial charge on any atom is 0.0905 e. The molecule has 4 aromatic rings. The van der Waals surface area contributed by atoms with Crippen LogP contribution >= 0.6 is 15.9 Å². The molecule has 21 heavy (non-hydrogen) atoms. The minimum Gasteiger partial charge on any atom is -0.252 e. The number of hydrogen-bond acceptors (Lipinski definition) is 2. The number of rotatable bonds is 1. The van der Waals surface area contributed by atoms with Crippen molar-refractivity contribution in [3.05, 3.63) is 71.3 Å². The predicted molar refractivity (Wildman–Crippen MR) is 90.2 cm³/mol. The molecule has 0 atom stereocenters. The third-order valence-corrected chi connectivity index (χ3v) is 4.06. The van der Waals surface area contributed by atoms with Crippen molar-refractivity contribution in [1.29, 1.82) is 0 Å². The van der Waals surface area contributed by atoms with Crippen molar-refractivity contribution in [2.24, 2.45) is 0 Å². The summed E-state index contributed by atoms with van der Waals surface area (Å²) >= 11 is 3.49. The number of nitrogens with zero attached hydrogens (tertiary/aromatic N) is 2. The molecular formula is C18H11BrN2. The lowest BCUT2D eigenvalue weighted by molar-refractivity contribution is 1.29. The van der Waals surface area contributed by atoms with E-state index in [2.05, 4.69) is 63.4 Å². The van der Waals surface area contributed by atoms with Gasteiger partial charge in [-0.05, 0) is 29.0 Å². The highest BCUT2D eigenvalue weighted by molar-refractivity contribution is 9.10. The summed E-state index contributed by atoms with van der Waals surface area (Å²) in [6.45, 7) is 0. The Morgan fingerprint density at radius 2 is 1.67 bits per heavy atom. The van der Waals surface area contributed by atoms with Crippen LogP contribution in [0.2, 0.25) is 0 Å². The van der Waals surface area contributed by atoms with Gasteiger partial charge in [-0.2, -0.15) is 0 Å². The van der Waals surface area contributed by atoms with Crippen molar-refractivity contribution in [3.8, 4) is 11.3 Å². The van der Waals surface area contributed by atoms with Gasteiger partial charge < -0.3 is 0 Å². The first-order chi connectivity index (χ1) is 10.3. The molecule has 4 rings (SSSR count). The maximum absolute atomic E-state index is 4.76. The number of hydrogen-bond donors (Lipinski definition) is 0. The molecule has 0 aliphatic rings. The molecule has 0 aliphatic carbocycles. The van der Waals surface area contributed by atoms with Crippen LogP contribution in [-0.2, 0) is 0 Å². The van der Waals surface area contributed by atoms with E-state index in [1.807, 2.05) is 24.4 Å². The van der Waals surface area contributed by atoms with Crippen LogP contribution in [0, 0.1) is 0 Å². The quantitative estimate of drug-likeness (QED) is 0.477. The fourth-order valence-corrected chi connectivity index (χ4v) is 2.91. The number of aromatic nitrogens is 2. The minimum atomic E-state index is 0.898. The van der Waals surface area contributed by atoms with Gasteiger partial charge in [0, 0.05) is 10.0 Å². The van der Waals surface area contributed by atoms with Crippen molar-refractivity contribution in [2.75, 3.05) is 0 Å². The van der Waals surface area contributed by atoms with Gasteiger partial charge in [-0.1, -0.05) is 58.4 Å². The van der Waals surface area contributed by atoms with Crippen LogP contribution in [0.25, 0.3) is 33.1 Å². The van der Waals surface area contributed by atoms with E-state index in [9.17, 15) is 0 Å². The van der Waals surface area contributed by atoms with Crippen molar-refractivity contribution < 1.29 is 0 Å². The minimum absolute atomic E-state index is 0.898. The molecule has 100 valence electrons. The third kappa shape index (κ3) is 2.20. The van der Waals surface area contributed by atoms with Crippen LogP contribution in [0.3, 0.4) is 0 Å². The van der Waals surface area contributed by atoms with Crippen LogP contribution in [0.1, 0.15) is 0 Å². The summed E-state index contributed by atoms with van der Waals surface area (Å²) in [6, 6.07) is 20.6. The molecule has 0 amide bonds. The van der Waals surface area contributed by atoms with Gasteiger partial charge >= 0.3 is 0 Å². The SMILES string of the molecule is Brc1ccc2ncc(-c3cccc4ccccc34)nc2c1. The van der Waals surface area contributed by atoms with E-state index < -0.39 is 0 Å². The molecule has 1 heterocycles. The molecule has 0 spiro atoms. The topological polar surface area (TPSA) is 25.8 Å². The van der Waals surface area contributed by atoms with E-state index in [0.29, 0.717) is 0 Å². The van der Waals surface area contributed by atoms with Crippen LogP contribution in [0.15, 0.2) is 71.3 Å². The summed E-state index contributed by atoms with van der Waals surface area (Å²) in [7, 11) is 0. The lowest BCUT2D eigenvalue weighted by Crippen LogP contribution is -1.89. The zero-order valence-electron chi connectivity index (χ0n) is 11.1. The molecule has 0 unspecified atom stereocenters. The molecule has 3 heteroatoms. The number of halogens is 1. The lowest BCUT2D eigenvalue weighted by atomic mass is 10.0. The van der Waals surface area contributed by atoms with E-state index in [4.69, 9.17) is 4.98 Å². The van der Waals surface area contributed by atoms with Crippen molar-refractivity contribution in [3.63, 3.8) is 0 Å². The summed E-state index contributed by atoms with van der Waals surface area (Å²) in [5.74, 6) is 0. The van der Waals surface area contributed by atoms with Crippen LogP contribution in [0.4, 0.5) is 0 Å². The first kappa shape index (κ1) is 12.5. The Hall–Kier alpha value is -2.26. The summed E-state index contributed by atoms with van der Waals surface area (Å²) in [5.41, 5.74) is 3.82. The summed E-state index contributed by atoms with van der Waals surface area (Å²) in [6.07, 6.45) is 1.85. The summed E-state index contributed by atoms with van der Waals surface area (Å²) in [4.78, 5) is 9.29. The normalized spacial score (nSPS) is 11.1. The molecule has 2 nitrogen and oxygen atoms in total. The second kappa shape index (κ2) is 4.93. The average molecular weight is 335 g/mol. The molecule has 0 fully saturated rings. The second-order valence-electron chi connectivity index (χ2n) is 4.91. The fourth-order valence-electron chi connectivity index (χ4n) is 2.56. The van der Waals surface area contributed by atoms with E-state index in [1.54, 1.807) is 0 Å². The Morgan fingerprint density at radius 1 is 0.810 bits per heavy atom. The van der Waals surface area contributed by atoms with Gasteiger partial charge in [0.05, 0.1) is 22.9 Å². The zero-order chi connectivity index (χ0) is 14.2. The van der Waals surface area contributed by atoms with Gasteiger partial charge in [0.15, 0.2) is 0 Å². The Balaban J connectivity index is 2.00. The van der Waals surface area contributed by atoms with Crippen LogP contribution < -0.4 is 0 Å². The first-order valence-corrected chi connectivity index (χ1v) is 7.51. The van der Waals surface area contributed by atoms with Gasteiger partial charge in [0.25, 0.3) is 0 Å². The Labute approximate surface area is 130 Å². The smallest absolute Gasteiger partial charge is 0.0905 e. The van der Waals surface area contributed by atoms with Gasteiger partial charge in [-0.25, -0.2) is 4.98 Å². The molecule has 3 aromatic carbocycles. The van der Waals surface area contributed by atoms with Crippen LogP contribution in [-0.4, -0.2) is 9.97 Å². The molecule has 1 aromatic heterocycles. The fraction of sp³-hybridized carbons (Fsp3) is 0. The molecular weight excluding hydrogens is 324 g/mol. The second-order valence-corrected chi connectivity index (χ2v) is 5.83. The van der Waals surface area contributed by atoms with E-state index in [0.717, 1.165) is 26.8 Å². The average Bonchev–Trinajstić information content (AvgIpc) is 2.53. The molecule has 0 bridgehead atoms. The largest absolute Gasteiger partial charge is 0.252 e. The van der Waals surface area contributed by atoms with Gasteiger partial charge in [-0.3, -0.25) is 4.98 Å². The van der Waals surface area contributed by atoms with Crippen molar-refractivity contribution in [2.45, 2.75) is 0 Å². The molecule has 0 saturated heterocycles. The Morgan fingerprint density at radius 3 is 2.62 bits per heavy atom. The van der Waals surface area contributed by atoms with E-state index >= 15 is 0 Å². The molecule has 0 N–H and O–H groups in total. The number of fused-ring (bicyclic) bond motifs is 2. The summed E-state index contributed by atoms with van der Waals surface area (Å²) < 4.78 is 1.01. The predicted octanol–water partition coefficient (Wildman–Crippen LogP) is 5.21. The van der Waals surface area contributed by atoms with Gasteiger partial charge in [0.2, 0.25) is 0 Å². The highest BCUT2D eigenvalue weighted by atomic mass is 79.9. The first-order valence-electron chi connectivity index (χ1n) is 6.72. The zero-order valence-corrected chi connectivity index (χ0v) is 12.7. The monoisotopic (exact) mass is 334 g/mol. The lowest BCUT2D eigenvalue weighted by Gasteiger charge is -2.07. The third-order valence-electron chi connectivity index (χ3n) is 3.57. The van der Waals surface area contributed by atoms with E-state index in [-0.39, 0.29) is 0 Å². The van der Waals surface area contributed by atoms with Crippen molar-refractivity contribution in [1.82, 2.24) is 9.97 Å². The number of benzene rings is 3. The molecule has 0 aliphatic heterocycles. The highest BCUT2D eigenvalue weighted by Crippen LogP contribution is 2.28. The van der Waals surface area contributed by atoms with Crippen LogP contribution in [0.5, 0.6) is 0 Å². The highest BCUT2D eigenvalue weighted by Gasteiger charge is 2.06. The van der Waals surface area contributed by atoms with Gasteiger partial charge in [-0.15, -0.1) is 0 Å².